The molecule has 2 atom stereocenters. The van der Waals surface area contributed by atoms with Gasteiger partial charge in [0.05, 0.1) is 6.61 Å². The highest BCUT2D eigenvalue weighted by Crippen LogP contribution is 2.17. The molecule has 0 aliphatic heterocycles. The lowest BCUT2D eigenvalue weighted by molar-refractivity contribution is -0.151. The molecule has 0 heterocycles. The van der Waals surface area contributed by atoms with Gasteiger partial charge in [-0.2, -0.15) is 0 Å². The van der Waals surface area contributed by atoms with E-state index in [9.17, 15) is 4.79 Å². The molecule has 2 unspecified atom stereocenters. The third kappa shape index (κ3) is 6.36. The molecule has 0 aromatic heterocycles. The second kappa shape index (κ2) is 8.51. The number of hydrogen-bond acceptors (Lipinski definition) is 5. The monoisotopic (exact) mass is 273 g/mol. The predicted octanol–water partition coefficient (Wildman–Crippen LogP) is 0.800. The van der Waals surface area contributed by atoms with Crippen molar-refractivity contribution in [3.63, 3.8) is 0 Å². The van der Waals surface area contributed by atoms with E-state index in [2.05, 4.69) is 43.2 Å². The van der Waals surface area contributed by atoms with Crippen LogP contribution in [0.2, 0.25) is 0 Å². The second-order valence-corrected chi connectivity index (χ2v) is 5.64. The van der Waals surface area contributed by atoms with Crippen molar-refractivity contribution in [2.45, 2.75) is 38.8 Å². The zero-order chi connectivity index (χ0) is 15.1. The van der Waals surface area contributed by atoms with Crippen LogP contribution in [0.1, 0.15) is 27.2 Å². The van der Waals surface area contributed by atoms with Crippen molar-refractivity contribution < 1.29 is 9.53 Å². The molecule has 1 N–H and O–H groups in total. The zero-order valence-corrected chi connectivity index (χ0v) is 13.6. The van der Waals surface area contributed by atoms with Crippen LogP contribution in [0, 0.1) is 0 Å². The number of likely N-dealkylation sites (N-methyl/N-ethyl adjacent to an activating group) is 3. The summed E-state index contributed by atoms with van der Waals surface area (Å²) in [7, 11) is 8.03. The maximum Gasteiger partial charge on any atom is 0.326 e. The molecule has 19 heavy (non-hydrogen) atoms. The Hall–Kier alpha value is -0.650. The summed E-state index contributed by atoms with van der Waals surface area (Å²) >= 11 is 0. The Balaban J connectivity index is 4.47. The van der Waals surface area contributed by atoms with Crippen LogP contribution in [0.25, 0.3) is 0 Å². The smallest absolute Gasteiger partial charge is 0.326 e. The predicted molar refractivity (Wildman–Crippen MR) is 79.4 cm³/mol. The van der Waals surface area contributed by atoms with Crippen molar-refractivity contribution >= 4 is 5.97 Å². The van der Waals surface area contributed by atoms with Crippen LogP contribution in [-0.2, 0) is 9.53 Å². The van der Waals surface area contributed by atoms with E-state index >= 15 is 0 Å². The molecule has 0 aromatic rings. The summed E-state index contributed by atoms with van der Waals surface area (Å²) < 4.78 is 5.15. The first-order valence-electron chi connectivity index (χ1n) is 6.98. The van der Waals surface area contributed by atoms with Gasteiger partial charge in [-0.25, -0.2) is 0 Å². The molecule has 0 spiro atoms. The lowest BCUT2D eigenvalue weighted by Crippen LogP contribution is -2.52. The standard InChI is InChI=1S/C14H31N3O2/c1-8-19-13(18)14(3,15-4)11-12(2)17(7)10-9-16(5)6/h12,15H,8-11H2,1-7H3. The van der Waals surface area contributed by atoms with Gasteiger partial charge in [0.1, 0.15) is 5.54 Å². The number of nitrogens with zero attached hydrogens (tertiary/aromatic N) is 2. The number of nitrogens with one attached hydrogen (secondary N) is 1. The molecule has 0 fully saturated rings. The van der Waals surface area contributed by atoms with E-state index in [1.807, 2.05) is 20.9 Å². The van der Waals surface area contributed by atoms with E-state index in [0.717, 1.165) is 19.5 Å². The lowest BCUT2D eigenvalue weighted by atomic mass is 9.93. The molecule has 0 rings (SSSR count). The normalized spacial score (nSPS) is 16.5. The number of carbonyl (C=O) groups excluding carboxylic acids is 1. The van der Waals surface area contributed by atoms with E-state index in [-0.39, 0.29) is 5.97 Å². The number of rotatable bonds is 9. The largest absolute Gasteiger partial charge is 0.465 e. The van der Waals surface area contributed by atoms with Crippen LogP contribution < -0.4 is 5.32 Å². The molecule has 0 radical (unpaired) electrons. The first-order chi connectivity index (χ1) is 8.76. The highest BCUT2D eigenvalue weighted by atomic mass is 16.5. The first kappa shape index (κ1) is 18.4. The number of carbonyl (C=O) groups is 1. The van der Waals surface area contributed by atoms with Crippen LogP contribution in [-0.4, -0.2) is 75.2 Å². The number of hydrogen-bond donors (Lipinski definition) is 1. The van der Waals surface area contributed by atoms with Gasteiger partial charge in [0, 0.05) is 19.1 Å². The summed E-state index contributed by atoms with van der Waals surface area (Å²) in [6.07, 6.45) is 0.728. The molecule has 0 saturated carbocycles. The van der Waals surface area contributed by atoms with Crippen molar-refractivity contribution in [2.75, 3.05) is 47.9 Å². The Morgan fingerprint density at radius 2 is 1.89 bits per heavy atom. The third-order valence-corrected chi connectivity index (χ3v) is 3.63. The van der Waals surface area contributed by atoms with E-state index in [4.69, 9.17) is 4.74 Å². The fourth-order valence-electron chi connectivity index (χ4n) is 1.90. The summed E-state index contributed by atoms with van der Waals surface area (Å²) in [5.41, 5.74) is -0.623. The van der Waals surface area contributed by atoms with Gasteiger partial charge in [0.15, 0.2) is 0 Å². The van der Waals surface area contributed by atoms with E-state index in [1.165, 1.54) is 0 Å². The van der Waals surface area contributed by atoms with Gasteiger partial charge in [0.2, 0.25) is 0 Å². The highest BCUT2D eigenvalue weighted by molar-refractivity contribution is 5.80. The van der Waals surface area contributed by atoms with Crippen molar-refractivity contribution in [3.05, 3.63) is 0 Å². The third-order valence-electron chi connectivity index (χ3n) is 3.63. The molecular formula is C14H31N3O2. The molecule has 0 aliphatic carbocycles. The number of ether oxygens (including phenoxy) is 1. The topological polar surface area (TPSA) is 44.8 Å². The SMILES string of the molecule is CCOC(=O)C(C)(CC(C)N(C)CCN(C)C)NC. The minimum atomic E-state index is -0.623. The van der Waals surface area contributed by atoms with Gasteiger partial charge in [0.25, 0.3) is 0 Å². The fourth-order valence-corrected chi connectivity index (χ4v) is 1.90. The van der Waals surface area contributed by atoms with Crippen molar-refractivity contribution in [1.29, 1.82) is 0 Å². The van der Waals surface area contributed by atoms with Crippen molar-refractivity contribution in [1.82, 2.24) is 15.1 Å². The highest BCUT2D eigenvalue weighted by Gasteiger charge is 2.35. The quantitative estimate of drug-likeness (QED) is 0.630. The average molecular weight is 273 g/mol. The Morgan fingerprint density at radius 3 is 2.32 bits per heavy atom. The Bertz CT molecular complexity index is 271. The van der Waals surface area contributed by atoms with Crippen molar-refractivity contribution in [2.24, 2.45) is 0 Å². The van der Waals surface area contributed by atoms with Crippen LogP contribution >= 0.6 is 0 Å². The minimum Gasteiger partial charge on any atom is -0.465 e. The second-order valence-electron chi connectivity index (χ2n) is 5.64. The Morgan fingerprint density at radius 1 is 1.32 bits per heavy atom. The number of esters is 1. The van der Waals surface area contributed by atoms with Gasteiger partial charge < -0.3 is 19.9 Å². The molecule has 0 amide bonds. The van der Waals surface area contributed by atoms with E-state index in [0.29, 0.717) is 12.6 Å². The van der Waals surface area contributed by atoms with Gasteiger partial charge in [-0.1, -0.05) is 0 Å². The summed E-state index contributed by atoms with van der Waals surface area (Å²) in [6.45, 7) is 8.29. The van der Waals surface area contributed by atoms with Gasteiger partial charge in [-0.3, -0.25) is 4.79 Å². The summed E-state index contributed by atoms with van der Waals surface area (Å²) in [5.74, 6) is -0.176. The molecule has 5 nitrogen and oxygen atoms in total. The maximum absolute atomic E-state index is 12.0. The maximum atomic E-state index is 12.0. The summed E-state index contributed by atoms with van der Waals surface area (Å²) in [6, 6.07) is 0.307. The van der Waals surface area contributed by atoms with E-state index in [1.54, 1.807) is 0 Å². The van der Waals surface area contributed by atoms with Crippen LogP contribution in [0.4, 0.5) is 0 Å². The molecule has 114 valence electrons. The summed E-state index contributed by atoms with van der Waals surface area (Å²) in [4.78, 5) is 16.4. The molecule has 0 aromatic carbocycles. The van der Waals surface area contributed by atoms with Crippen molar-refractivity contribution in [3.8, 4) is 0 Å². The summed E-state index contributed by atoms with van der Waals surface area (Å²) in [5, 5.41) is 3.10. The zero-order valence-electron chi connectivity index (χ0n) is 13.6. The van der Waals surface area contributed by atoms with Gasteiger partial charge >= 0.3 is 5.97 Å². The fraction of sp³-hybridized carbons (Fsp3) is 0.929. The van der Waals surface area contributed by atoms with Gasteiger partial charge in [-0.05, 0) is 55.4 Å². The molecule has 0 aliphatic rings. The molecule has 0 bridgehead atoms. The Kier molecular flexibility index (Phi) is 8.22. The molecule has 5 heteroatoms. The van der Waals surface area contributed by atoms with Crippen LogP contribution in [0.5, 0.6) is 0 Å². The molecule has 0 saturated heterocycles. The molecular weight excluding hydrogens is 242 g/mol. The Labute approximate surface area is 118 Å². The lowest BCUT2D eigenvalue weighted by Gasteiger charge is -2.34. The van der Waals surface area contributed by atoms with Gasteiger partial charge in [-0.15, -0.1) is 0 Å². The minimum absolute atomic E-state index is 0.176. The van der Waals surface area contributed by atoms with Crippen LogP contribution in [0.3, 0.4) is 0 Å². The first-order valence-corrected chi connectivity index (χ1v) is 6.98. The van der Waals surface area contributed by atoms with E-state index < -0.39 is 5.54 Å². The average Bonchev–Trinajstić information content (AvgIpc) is 2.35. The van der Waals surface area contributed by atoms with Crippen LogP contribution in [0.15, 0.2) is 0 Å².